The summed E-state index contributed by atoms with van der Waals surface area (Å²) in [5.74, 6) is -0.169. The standard InChI is InChI=1S/C15H15ClN2O4S.C11H11N3OS/c1-3-17(14-9-6-12(16)10-15(14)18(19)20)23(21,22)13-7-4-11(2)5-8-13;1-7-9(16-11(12)13-7)10(15)14-8-5-3-2-4-6-8/h4-10H,3H2,1-2H3;2-6H,1H3,(H2,12,13)(H,14,15). The Bertz CT molecular complexity index is 1580. The fourth-order valence-corrected chi connectivity index (χ4v) is 5.88. The van der Waals surface area contributed by atoms with Gasteiger partial charge in [-0.3, -0.25) is 19.2 Å². The third-order valence-electron chi connectivity index (χ3n) is 5.35. The number of nitro groups is 1. The van der Waals surface area contributed by atoms with Crippen molar-refractivity contribution in [2.24, 2.45) is 0 Å². The number of nitrogen functional groups attached to an aromatic ring is 1. The number of anilines is 3. The van der Waals surface area contributed by atoms with Gasteiger partial charge in [-0.15, -0.1) is 0 Å². The summed E-state index contributed by atoms with van der Waals surface area (Å²) in [7, 11) is -3.90. The van der Waals surface area contributed by atoms with E-state index in [1.165, 1.54) is 35.6 Å². The molecule has 0 spiro atoms. The van der Waals surface area contributed by atoms with Crippen LogP contribution in [0.1, 0.15) is 27.9 Å². The number of halogens is 1. The summed E-state index contributed by atoms with van der Waals surface area (Å²) in [6, 6.07) is 19.5. The number of nitro benzene ring substituents is 1. The first kappa shape index (κ1) is 29.6. The number of nitrogens with two attached hydrogens (primary N) is 1. The highest BCUT2D eigenvalue weighted by molar-refractivity contribution is 7.92. The van der Waals surface area contributed by atoms with Crippen LogP contribution < -0.4 is 15.4 Å². The van der Waals surface area contributed by atoms with Crippen molar-refractivity contribution in [2.45, 2.75) is 25.7 Å². The van der Waals surface area contributed by atoms with Gasteiger partial charge < -0.3 is 11.1 Å². The van der Waals surface area contributed by atoms with Gasteiger partial charge in [0.25, 0.3) is 21.6 Å². The van der Waals surface area contributed by atoms with E-state index < -0.39 is 14.9 Å². The van der Waals surface area contributed by atoms with E-state index in [2.05, 4.69) is 10.3 Å². The molecule has 0 fully saturated rings. The van der Waals surface area contributed by atoms with E-state index in [0.29, 0.717) is 15.7 Å². The number of amides is 1. The van der Waals surface area contributed by atoms with Crippen molar-refractivity contribution in [3.63, 3.8) is 0 Å². The van der Waals surface area contributed by atoms with E-state index in [9.17, 15) is 23.3 Å². The zero-order valence-corrected chi connectivity index (χ0v) is 23.7. The average Bonchev–Trinajstić information content (AvgIpc) is 3.24. The molecule has 10 nitrogen and oxygen atoms in total. The van der Waals surface area contributed by atoms with Crippen LogP contribution in [-0.4, -0.2) is 30.8 Å². The van der Waals surface area contributed by atoms with E-state index in [1.807, 2.05) is 37.3 Å². The minimum Gasteiger partial charge on any atom is -0.375 e. The number of sulfonamides is 1. The third-order valence-corrected chi connectivity index (χ3v) is 8.47. The molecule has 0 aliphatic carbocycles. The van der Waals surface area contributed by atoms with Gasteiger partial charge in [-0.25, -0.2) is 13.4 Å². The van der Waals surface area contributed by atoms with Gasteiger partial charge in [0.05, 0.1) is 15.5 Å². The second-order valence-corrected chi connectivity index (χ2v) is 11.5. The number of carbonyl (C=O) groups is 1. The summed E-state index contributed by atoms with van der Waals surface area (Å²) in [5.41, 5.74) is 7.52. The number of aromatic nitrogens is 1. The lowest BCUT2D eigenvalue weighted by molar-refractivity contribution is -0.384. The number of hydrogen-bond donors (Lipinski definition) is 2. The van der Waals surface area contributed by atoms with E-state index in [0.717, 1.165) is 21.6 Å². The molecule has 13 heteroatoms. The topological polar surface area (TPSA) is 149 Å². The zero-order chi connectivity index (χ0) is 28.7. The zero-order valence-electron chi connectivity index (χ0n) is 21.3. The Labute approximate surface area is 235 Å². The van der Waals surface area contributed by atoms with Crippen molar-refractivity contribution in [1.29, 1.82) is 0 Å². The quantitative estimate of drug-likeness (QED) is 0.197. The molecule has 3 aromatic carbocycles. The van der Waals surface area contributed by atoms with Gasteiger partial charge in [0, 0.05) is 23.3 Å². The Morgan fingerprint density at radius 2 is 1.74 bits per heavy atom. The molecule has 39 heavy (non-hydrogen) atoms. The second kappa shape index (κ2) is 12.7. The maximum absolute atomic E-state index is 12.8. The maximum atomic E-state index is 12.8. The van der Waals surface area contributed by atoms with Gasteiger partial charge in [-0.1, -0.05) is 58.8 Å². The van der Waals surface area contributed by atoms with Crippen LogP contribution in [0, 0.1) is 24.0 Å². The monoisotopic (exact) mass is 587 g/mol. The Morgan fingerprint density at radius 1 is 1.10 bits per heavy atom. The van der Waals surface area contributed by atoms with Crippen molar-refractivity contribution >= 4 is 61.1 Å². The lowest BCUT2D eigenvalue weighted by atomic mass is 10.2. The normalized spacial score (nSPS) is 10.8. The molecule has 1 amide bonds. The first-order valence-electron chi connectivity index (χ1n) is 11.6. The van der Waals surface area contributed by atoms with Crippen molar-refractivity contribution in [3.05, 3.63) is 104 Å². The van der Waals surface area contributed by atoms with Crippen molar-refractivity contribution in [3.8, 4) is 0 Å². The molecule has 0 radical (unpaired) electrons. The molecule has 1 aromatic heterocycles. The van der Waals surface area contributed by atoms with Crippen LogP contribution in [0.4, 0.5) is 22.2 Å². The lowest BCUT2D eigenvalue weighted by Gasteiger charge is -2.22. The molecule has 0 unspecified atom stereocenters. The van der Waals surface area contributed by atoms with Gasteiger partial charge in [-0.05, 0) is 57.2 Å². The molecular formula is C26H26ClN5O5S2. The molecular weight excluding hydrogens is 562 g/mol. The molecule has 0 atom stereocenters. The summed E-state index contributed by atoms with van der Waals surface area (Å²) in [4.78, 5) is 27.1. The van der Waals surface area contributed by atoms with Crippen molar-refractivity contribution < 1.29 is 18.1 Å². The number of nitrogens with zero attached hydrogens (tertiary/aromatic N) is 3. The van der Waals surface area contributed by atoms with Crippen molar-refractivity contribution in [1.82, 2.24) is 4.98 Å². The number of rotatable bonds is 7. The van der Waals surface area contributed by atoms with Gasteiger partial charge in [-0.2, -0.15) is 0 Å². The summed E-state index contributed by atoms with van der Waals surface area (Å²) in [6.07, 6.45) is 0. The van der Waals surface area contributed by atoms with Crippen molar-refractivity contribution in [2.75, 3.05) is 21.9 Å². The second-order valence-electron chi connectivity index (χ2n) is 8.16. The Kier molecular flexibility index (Phi) is 9.62. The predicted octanol–water partition coefficient (Wildman–Crippen LogP) is 6.06. The van der Waals surface area contributed by atoms with Crippen LogP contribution >= 0.6 is 22.9 Å². The SMILES string of the molecule is CCN(c1ccc(Cl)cc1[N+](=O)[O-])S(=O)(=O)c1ccc(C)cc1.Cc1nc(N)sc1C(=O)Nc1ccccc1. The summed E-state index contributed by atoms with van der Waals surface area (Å²) < 4.78 is 26.6. The average molecular weight is 588 g/mol. The minimum absolute atomic E-state index is 0.0116. The lowest BCUT2D eigenvalue weighted by Crippen LogP contribution is -2.31. The van der Waals surface area contributed by atoms with Crippen LogP contribution in [0.2, 0.25) is 5.02 Å². The first-order chi connectivity index (χ1) is 18.4. The van der Waals surface area contributed by atoms with E-state index in [-0.39, 0.29) is 33.7 Å². The summed E-state index contributed by atoms with van der Waals surface area (Å²) in [5, 5.41) is 14.6. The highest BCUT2D eigenvalue weighted by Gasteiger charge is 2.29. The molecule has 0 aliphatic heterocycles. The number of aryl methyl sites for hydroxylation is 2. The van der Waals surface area contributed by atoms with Crippen LogP contribution in [-0.2, 0) is 10.0 Å². The number of benzene rings is 3. The molecule has 1 heterocycles. The van der Waals surface area contributed by atoms with Crippen LogP contribution in [0.25, 0.3) is 0 Å². The molecule has 0 saturated heterocycles. The first-order valence-corrected chi connectivity index (χ1v) is 14.2. The highest BCUT2D eigenvalue weighted by atomic mass is 35.5. The number of hydrogen-bond acceptors (Lipinski definition) is 8. The maximum Gasteiger partial charge on any atom is 0.295 e. The molecule has 3 N–H and O–H groups in total. The molecule has 0 aliphatic rings. The molecule has 4 aromatic rings. The summed E-state index contributed by atoms with van der Waals surface area (Å²) in [6.45, 7) is 5.29. The number of carbonyl (C=O) groups excluding carboxylic acids is 1. The van der Waals surface area contributed by atoms with E-state index >= 15 is 0 Å². The number of thiazole rings is 1. The van der Waals surface area contributed by atoms with Gasteiger partial charge >= 0.3 is 0 Å². The molecule has 0 bridgehead atoms. The van der Waals surface area contributed by atoms with Crippen LogP contribution in [0.3, 0.4) is 0 Å². The van der Waals surface area contributed by atoms with E-state index in [1.54, 1.807) is 26.0 Å². The number of nitrogens with one attached hydrogen (secondary N) is 1. The van der Waals surface area contributed by atoms with E-state index in [4.69, 9.17) is 17.3 Å². The third kappa shape index (κ3) is 7.31. The minimum atomic E-state index is -3.90. The Hall–Kier alpha value is -4.00. The smallest absolute Gasteiger partial charge is 0.295 e. The van der Waals surface area contributed by atoms with Gasteiger partial charge in [0.2, 0.25) is 0 Å². The molecule has 4 rings (SSSR count). The molecule has 204 valence electrons. The predicted molar refractivity (Wildman–Crippen MR) is 155 cm³/mol. The number of para-hydroxylation sites is 1. The summed E-state index contributed by atoms with van der Waals surface area (Å²) >= 11 is 6.98. The van der Waals surface area contributed by atoms with Gasteiger partial charge in [0.15, 0.2) is 5.13 Å². The fraction of sp³-hybridized carbons (Fsp3) is 0.154. The van der Waals surface area contributed by atoms with Crippen LogP contribution in [0.5, 0.6) is 0 Å². The Balaban J connectivity index is 0.000000230. The Morgan fingerprint density at radius 3 is 2.28 bits per heavy atom. The van der Waals surface area contributed by atoms with Gasteiger partial charge in [0.1, 0.15) is 10.6 Å². The molecule has 0 saturated carbocycles. The fourth-order valence-electron chi connectivity index (χ4n) is 3.50. The van der Waals surface area contributed by atoms with Crippen LogP contribution in [0.15, 0.2) is 77.7 Å². The largest absolute Gasteiger partial charge is 0.375 e. The highest BCUT2D eigenvalue weighted by Crippen LogP contribution is 2.34.